The van der Waals surface area contributed by atoms with Gasteiger partial charge in [-0.1, -0.05) is 376 Å². The van der Waals surface area contributed by atoms with E-state index in [1.54, 1.807) is 0 Å². The van der Waals surface area contributed by atoms with E-state index in [2.05, 4.69) is 444 Å². The highest BCUT2D eigenvalue weighted by Gasteiger charge is 2.30. The Morgan fingerprint density at radius 3 is 0.791 bits per heavy atom. The van der Waals surface area contributed by atoms with Crippen molar-refractivity contribution >= 4 is 211 Å². The maximum absolute atomic E-state index is 2.57. The average molecular weight is 1630 g/mol. The Morgan fingerprint density at radius 2 is 0.357 bits per heavy atom. The minimum Gasteiger partial charge on any atom is -0.308 e. The predicted octanol–water partition coefficient (Wildman–Crippen LogP) is 34.9. The lowest BCUT2D eigenvalue weighted by Crippen LogP contribution is -1.93. The molecule has 0 N–H and O–H groups in total. The monoisotopic (exact) mass is 1630 g/mol. The van der Waals surface area contributed by atoms with Gasteiger partial charge >= 0.3 is 0 Å². The molecule has 0 unspecified atom stereocenters. The third-order valence-corrected chi connectivity index (χ3v) is 29.5. The molecule has 0 aliphatic rings. The van der Waals surface area contributed by atoms with Gasteiger partial charge in [-0.3, -0.25) is 0 Å². The minimum absolute atomic E-state index is 1.19. The van der Waals surface area contributed by atoms with Crippen molar-refractivity contribution in [1.82, 2.24) is 13.2 Å². The van der Waals surface area contributed by atoms with E-state index < -0.39 is 0 Å². The van der Waals surface area contributed by atoms with Crippen LogP contribution in [-0.2, 0) is 0 Å². The fraction of sp³-hybridized carbons (Fsp3) is 0. The first-order valence-electron chi connectivity index (χ1n) is 45.0. The Morgan fingerprint density at radius 1 is 0.116 bits per heavy atom. The van der Waals surface area contributed by atoms with Gasteiger partial charge in [-0.05, 0) is 241 Å². The summed E-state index contributed by atoms with van der Waals surface area (Å²) < 4.78 is 7.64. The summed E-state index contributed by atoms with van der Waals surface area (Å²) in [6.45, 7) is 0. The molecule has 3 heteroatoms. The summed E-state index contributed by atoms with van der Waals surface area (Å²) in [6, 6.07) is 164. The smallest absolute Gasteiger partial charge is 0.0626 e. The zero-order valence-corrected chi connectivity index (χ0v) is 69.8. The summed E-state index contributed by atoms with van der Waals surface area (Å²) in [5, 5.41) is 37.5. The van der Waals surface area contributed by atoms with Crippen LogP contribution in [0.1, 0.15) is 0 Å². The van der Waals surface area contributed by atoms with E-state index in [1.807, 2.05) is 0 Å². The van der Waals surface area contributed by atoms with Gasteiger partial charge in [0.15, 0.2) is 0 Å². The van der Waals surface area contributed by atoms with E-state index in [-0.39, 0.29) is 0 Å². The summed E-state index contributed by atoms with van der Waals surface area (Å²) in [5.74, 6) is 0. The molecule has 0 spiro atoms. The molecule has 0 radical (unpaired) electrons. The largest absolute Gasteiger partial charge is 0.308 e. The van der Waals surface area contributed by atoms with Crippen LogP contribution in [0.3, 0.4) is 0 Å². The molecule has 24 aromatic carbocycles. The van der Waals surface area contributed by atoms with Crippen LogP contribution < -0.4 is 0 Å². The van der Waals surface area contributed by atoms with Gasteiger partial charge in [0, 0.05) is 64.6 Å². The van der Waals surface area contributed by atoms with Gasteiger partial charge in [-0.25, -0.2) is 0 Å². The standard InChI is InChI=1S/C126H71N3/c1-2-26-73-68-77(53-49-72(73)25-1)115-88-30-5-7-32-90(88)117(91-33-8-6-31-89(91)115)79-55-58-87-104-64-62-101(122-106-43-19-24-48-112(106)129(125(104)122)114(87)70-79)84-60-61-100(83-28-4-3-27-82(83)84)119-96-38-13-9-34-92(96)118(93-35-10-14-39-97(93)119)80-56-57-86-103-63-59-81(121-105-42-18-23-47-111(105)128(124(103)121)113(86)71-80)76-52-50-75-69-78(54-51-74(75)67-76)116-94-36-11-15-40-98(94)120(99-41-16-12-37-95(99)116)108-66-65-102-85-29-17-21-45-109(85)127-110-46-22-20-44-107(110)123(108)126(102)127/h1-71H. The number of fused-ring (bicyclic) bond motifs is 27. The Hall–Kier alpha value is -17.0. The molecule has 0 aliphatic heterocycles. The van der Waals surface area contributed by atoms with Crippen LogP contribution in [-0.4, -0.2) is 13.2 Å². The molecule has 0 aliphatic carbocycles. The first kappa shape index (κ1) is 69.4. The van der Waals surface area contributed by atoms with Crippen molar-refractivity contribution < 1.29 is 0 Å². The quantitative estimate of drug-likeness (QED) is 0.135. The molecule has 0 saturated carbocycles. The van der Waals surface area contributed by atoms with Crippen molar-refractivity contribution in [2.24, 2.45) is 0 Å². The summed E-state index contributed by atoms with van der Waals surface area (Å²) in [4.78, 5) is 0. The molecule has 0 saturated heterocycles. The van der Waals surface area contributed by atoms with Crippen molar-refractivity contribution in [1.29, 1.82) is 0 Å². The van der Waals surface area contributed by atoms with Gasteiger partial charge in [0.05, 0.1) is 49.7 Å². The molecule has 129 heavy (non-hydrogen) atoms. The topological polar surface area (TPSA) is 13.2 Å². The average Bonchev–Trinajstić information content (AvgIpc) is 1.52. The number of hydrogen-bond acceptors (Lipinski definition) is 0. The van der Waals surface area contributed by atoms with Crippen LogP contribution >= 0.6 is 0 Å². The van der Waals surface area contributed by atoms with Gasteiger partial charge in [-0.15, -0.1) is 0 Å². The van der Waals surface area contributed by atoms with Gasteiger partial charge in [0.25, 0.3) is 0 Å². The second-order valence-corrected chi connectivity index (χ2v) is 35.8. The van der Waals surface area contributed by atoms with Crippen LogP contribution in [0.15, 0.2) is 431 Å². The van der Waals surface area contributed by atoms with Crippen molar-refractivity contribution in [3.63, 3.8) is 0 Å². The summed E-state index contributed by atoms with van der Waals surface area (Å²) >= 11 is 0. The third kappa shape index (κ3) is 9.33. The molecule has 6 heterocycles. The van der Waals surface area contributed by atoms with E-state index in [1.165, 1.54) is 300 Å². The molecule has 30 rings (SSSR count). The van der Waals surface area contributed by atoms with Gasteiger partial charge in [0.1, 0.15) is 0 Å². The Labute approximate surface area is 738 Å². The number of rotatable bonds is 8. The van der Waals surface area contributed by atoms with Crippen molar-refractivity contribution in [3.05, 3.63) is 431 Å². The number of nitrogens with zero attached hydrogens (tertiary/aromatic N) is 3. The maximum Gasteiger partial charge on any atom is 0.0626 e. The fourth-order valence-corrected chi connectivity index (χ4v) is 24.3. The third-order valence-electron chi connectivity index (χ3n) is 29.5. The molecule has 0 fully saturated rings. The van der Waals surface area contributed by atoms with Crippen molar-refractivity contribution in [2.45, 2.75) is 0 Å². The zero-order valence-electron chi connectivity index (χ0n) is 69.8. The van der Waals surface area contributed by atoms with E-state index in [0.29, 0.717) is 0 Å². The fourth-order valence-electron chi connectivity index (χ4n) is 24.3. The van der Waals surface area contributed by atoms with Crippen molar-refractivity contribution in [3.8, 4) is 89.0 Å². The molecular weight excluding hydrogens is 1560 g/mol. The second kappa shape index (κ2) is 25.8. The summed E-state index contributed by atoms with van der Waals surface area (Å²) in [6.07, 6.45) is 0. The normalized spacial score (nSPS) is 12.5. The lowest BCUT2D eigenvalue weighted by atomic mass is 9.83. The van der Waals surface area contributed by atoms with E-state index in [4.69, 9.17) is 0 Å². The van der Waals surface area contributed by atoms with E-state index in [0.717, 1.165) is 0 Å². The van der Waals surface area contributed by atoms with Gasteiger partial charge in [-0.2, -0.15) is 0 Å². The van der Waals surface area contributed by atoms with Crippen molar-refractivity contribution in [2.75, 3.05) is 0 Å². The van der Waals surface area contributed by atoms with Crippen LogP contribution in [0.2, 0.25) is 0 Å². The van der Waals surface area contributed by atoms with Crippen LogP contribution in [0.25, 0.3) is 300 Å². The van der Waals surface area contributed by atoms with E-state index >= 15 is 0 Å². The number of hydrogen-bond donors (Lipinski definition) is 0. The second-order valence-electron chi connectivity index (χ2n) is 35.8. The number of benzene rings is 24. The SMILES string of the molecule is c1ccc2cc(-c3c4ccccc4c(-c4ccc5c6ccc(-c7ccc(-c8c9ccccc9c(-c9ccc%10c%11ccc(-c%12ccc%13cc(-c%14c%15ccccc%15c(-c%15ccc%16c%17ccccc%17n%17c%18ccccc%18c%15c%16%17)c%15ccccc%14%15)ccc%13c%12)c%12c%13ccccc%13n(c%10c9)c%11%12)c9ccccc89)c8ccccc78)c7c8ccccc8n(c5c4)c67)c4ccccc34)ccc2c1. The molecule has 3 nitrogen and oxygen atoms in total. The summed E-state index contributed by atoms with van der Waals surface area (Å²) in [5.41, 5.74) is 30.9. The Balaban J connectivity index is 0.532. The zero-order chi connectivity index (χ0) is 83.7. The summed E-state index contributed by atoms with van der Waals surface area (Å²) in [7, 11) is 0. The highest BCUT2D eigenvalue weighted by atomic mass is 14.9. The van der Waals surface area contributed by atoms with Crippen LogP contribution in [0.4, 0.5) is 0 Å². The molecule has 0 bridgehead atoms. The number of aromatic nitrogens is 3. The Kier molecular flexibility index (Phi) is 13.9. The maximum atomic E-state index is 2.57. The molecule has 590 valence electrons. The van der Waals surface area contributed by atoms with Gasteiger partial charge < -0.3 is 13.2 Å². The minimum atomic E-state index is 1.19. The molecule has 6 aromatic heterocycles. The van der Waals surface area contributed by atoms with Crippen LogP contribution in [0, 0.1) is 0 Å². The molecule has 0 amide bonds. The predicted molar refractivity (Wildman–Crippen MR) is 551 cm³/mol. The highest BCUT2D eigenvalue weighted by molar-refractivity contribution is 6.35. The lowest BCUT2D eigenvalue weighted by Gasteiger charge is -2.20. The number of para-hydroxylation sites is 4. The van der Waals surface area contributed by atoms with E-state index in [9.17, 15) is 0 Å². The van der Waals surface area contributed by atoms with Crippen LogP contribution in [0.5, 0.6) is 0 Å². The molecular formula is C126H71N3. The molecule has 0 atom stereocenters. The first-order chi connectivity index (χ1) is 64.1. The Bertz CT molecular complexity index is 10100. The van der Waals surface area contributed by atoms with Gasteiger partial charge in [0.2, 0.25) is 0 Å². The first-order valence-corrected chi connectivity index (χ1v) is 45.0. The highest BCUT2D eigenvalue weighted by Crippen LogP contribution is 2.56. The molecule has 30 aromatic rings. The lowest BCUT2D eigenvalue weighted by molar-refractivity contribution is 1.37.